The fraction of sp³-hybridized carbons (Fsp3) is 0.222. The van der Waals surface area contributed by atoms with Crippen LogP contribution in [-0.4, -0.2) is 13.1 Å². The van der Waals surface area contributed by atoms with Crippen LogP contribution >= 0.6 is 0 Å². The average molecular weight is 290 g/mol. The van der Waals surface area contributed by atoms with Gasteiger partial charge in [0.15, 0.2) is 0 Å². The van der Waals surface area contributed by atoms with Crippen LogP contribution in [-0.2, 0) is 13.1 Å². The highest BCUT2D eigenvalue weighted by Gasteiger charge is 1.95. The Morgan fingerprint density at radius 2 is 1.00 bits per heavy atom. The molecule has 2 N–H and O–H groups in total. The quantitative estimate of drug-likeness (QED) is 0.768. The van der Waals surface area contributed by atoms with E-state index in [9.17, 15) is 0 Å². The van der Waals surface area contributed by atoms with Crippen LogP contribution in [0.25, 0.3) is 0 Å². The summed E-state index contributed by atoms with van der Waals surface area (Å²) in [5.74, 6) is 0. The zero-order chi connectivity index (χ0) is 15.6. The first kappa shape index (κ1) is 15.7. The van der Waals surface area contributed by atoms with E-state index in [2.05, 4.69) is 22.8 Å². The molecular formula is C18H18N4. The van der Waals surface area contributed by atoms with E-state index < -0.39 is 0 Å². The summed E-state index contributed by atoms with van der Waals surface area (Å²) in [6, 6.07) is 19.4. The minimum atomic E-state index is 0.688. The van der Waals surface area contributed by atoms with E-state index in [1.165, 1.54) is 11.1 Å². The van der Waals surface area contributed by atoms with Crippen molar-refractivity contribution in [2.45, 2.75) is 13.1 Å². The van der Waals surface area contributed by atoms with Gasteiger partial charge in [0.05, 0.1) is 23.3 Å². The number of nitrogens with one attached hydrogen (secondary N) is 2. The third-order valence-electron chi connectivity index (χ3n) is 3.30. The molecule has 0 aliphatic rings. The monoisotopic (exact) mass is 290 g/mol. The standard InChI is InChI=1S/C18H18N4/c19-11-15-1-5-17(6-2-15)13-21-9-10-22-14-18-7-3-16(12-20)4-8-18/h1-8,21-22H,9-10,13-14H2. The highest BCUT2D eigenvalue weighted by Crippen LogP contribution is 2.03. The van der Waals surface area contributed by atoms with Gasteiger partial charge in [-0.3, -0.25) is 0 Å². The van der Waals surface area contributed by atoms with E-state index in [1.807, 2.05) is 48.5 Å². The van der Waals surface area contributed by atoms with E-state index >= 15 is 0 Å². The Kier molecular flexibility index (Phi) is 6.14. The van der Waals surface area contributed by atoms with Crippen molar-refractivity contribution in [1.29, 1.82) is 10.5 Å². The van der Waals surface area contributed by atoms with Gasteiger partial charge in [-0.15, -0.1) is 0 Å². The summed E-state index contributed by atoms with van der Waals surface area (Å²) < 4.78 is 0. The van der Waals surface area contributed by atoms with E-state index in [1.54, 1.807) is 0 Å². The van der Waals surface area contributed by atoms with E-state index in [0.29, 0.717) is 11.1 Å². The molecule has 2 aromatic rings. The molecule has 0 atom stereocenters. The molecule has 4 heteroatoms. The van der Waals surface area contributed by atoms with Crippen LogP contribution in [0.2, 0.25) is 0 Å². The number of rotatable bonds is 7. The van der Waals surface area contributed by atoms with Crippen molar-refractivity contribution in [1.82, 2.24) is 10.6 Å². The lowest BCUT2D eigenvalue weighted by molar-refractivity contribution is 0.611. The second-order valence-electron chi connectivity index (χ2n) is 4.97. The molecule has 0 aliphatic carbocycles. The molecular weight excluding hydrogens is 272 g/mol. The Morgan fingerprint density at radius 1 is 0.636 bits per heavy atom. The average Bonchev–Trinajstić information content (AvgIpc) is 2.59. The van der Waals surface area contributed by atoms with Crippen LogP contribution in [0, 0.1) is 22.7 Å². The van der Waals surface area contributed by atoms with Crippen molar-refractivity contribution in [3.8, 4) is 12.1 Å². The number of hydrogen-bond donors (Lipinski definition) is 2. The molecule has 110 valence electrons. The Bertz CT molecular complexity index is 599. The Balaban J connectivity index is 1.60. The van der Waals surface area contributed by atoms with Gasteiger partial charge in [-0.05, 0) is 35.4 Å². The maximum Gasteiger partial charge on any atom is 0.0991 e. The van der Waals surface area contributed by atoms with Gasteiger partial charge in [0.2, 0.25) is 0 Å². The summed E-state index contributed by atoms with van der Waals surface area (Å²) >= 11 is 0. The lowest BCUT2D eigenvalue weighted by atomic mass is 10.1. The molecule has 4 nitrogen and oxygen atoms in total. The van der Waals surface area contributed by atoms with Crippen molar-refractivity contribution in [3.63, 3.8) is 0 Å². The molecule has 22 heavy (non-hydrogen) atoms. The fourth-order valence-electron chi connectivity index (χ4n) is 2.04. The van der Waals surface area contributed by atoms with Gasteiger partial charge >= 0.3 is 0 Å². The van der Waals surface area contributed by atoms with Gasteiger partial charge in [0.1, 0.15) is 0 Å². The van der Waals surface area contributed by atoms with E-state index in [0.717, 1.165) is 26.2 Å². The number of hydrogen-bond acceptors (Lipinski definition) is 4. The van der Waals surface area contributed by atoms with Crippen LogP contribution in [0.4, 0.5) is 0 Å². The molecule has 2 rings (SSSR count). The van der Waals surface area contributed by atoms with Gasteiger partial charge in [-0.1, -0.05) is 24.3 Å². The first-order valence-electron chi connectivity index (χ1n) is 7.21. The van der Waals surface area contributed by atoms with Crippen LogP contribution in [0.3, 0.4) is 0 Å². The minimum absolute atomic E-state index is 0.688. The number of nitriles is 2. The molecule has 2 aromatic carbocycles. The SMILES string of the molecule is N#Cc1ccc(CNCCNCc2ccc(C#N)cc2)cc1. The van der Waals surface area contributed by atoms with Gasteiger partial charge in [-0.2, -0.15) is 10.5 Å². The molecule has 0 bridgehead atoms. The van der Waals surface area contributed by atoms with Crippen LogP contribution in [0.5, 0.6) is 0 Å². The molecule has 0 saturated heterocycles. The van der Waals surface area contributed by atoms with Crippen molar-refractivity contribution in [3.05, 3.63) is 70.8 Å². The first-order chi connectivity index (χ1) is 10.8. The molecule has 0 fully saturated rings. The summed E-state index contributed by atoms with van der Waals surface area (Å²) in [6.07, 6.45) is 0. The Hall–Kier alpha value is -2.66. The summed E-state index contributed by atoms with van der Waals surface area (Å²) in [5, 5.41) is 24.2. The molecule has 0 unspecified atom stereocenters. The van der Waals surface area contributed by atoms with Crippen molar-refractivity contribution < 1.29 is 0 Å². The van der Waals surface area contributed by atoms with Crippen molar-refractivity contribution >= 4 is 0 Å². The molecule has 0 aliphatic heterocycles. The maximum atomic E-state index is 8.74. The Morgan fingerprint density at radius 3 is 1.32 bits per heavy atom. The smallest absolute Gasteiger partial charge is 0.0991 e. The molecule has 0 saturated carbocycles. The molecule has 0 heterocycles. The van der Waals surface area contributed by atoms with E-state index in [4.69, 9.17) is 10.5 Å². The second kappa shape index (κ2) is 8.59. The minimum Gasteiger partial charge on any atom is -0.311 e. The van der Waals surface area contributed by atoms with Gasteiger partial charge in [-0.25, -0.2) is 0 Å². The van der Waals surface area contributed by atoms with Crippen molar-refractivity contribution in [2.24, 2.45) is 0 Å². The van der Waals surface area contributed by atoms with Gasteiger partial charge in [0, 0.05) is 26.2 Å². The fourth-order valence-corrected chi connectivity index (χ4v) is 2.04. The summed E-state index contributed by atoms with van der Waals surface area (Å²) in [5.41, 5.74) is 3.72. The zero-order valence-electron chi connectivity index (χ0n) is 12.3. The predicted molar refractivity (Wildman–Crippen MR) is 85.7 cm³/mol. The molecule has 0 aromatic heterocycles. The predicted octanol–water partition coefficient (Wildman–Crippen LogP) is 2.31. The van der Waals surface area contributed by atoms with Crippen LogP contribution in [0.1, 0.15) is 22.3 Å². The largest absolute Gasteiger partial charge is 0.311 e. The molecule has 0 amide bonds. The normalized spacial score (nSPS) is 9.91. The second-order valence-corrected chi connectivity index (χ2v) is 4.97. The molecule has 0 radical (unpaired) electrons. The Labute approximate surface area is 131 Å². The van der Waals surface area contributed by atoms with Crippen LogP contribution in [0.15, 0.2) is 48.5 Å². The summed E-state index contributed by atoms with van der Waals surface area (Å²) in [6.45, 7) is 3.33. The van der Waals surface area contributed by atoms with E-state index in [-0.39, 0.29) is 0 Å². The number of benzene rings is 2. The first-order valence-corrected chi connectivity index (χ1v) is 7.21. The number of nitrogens with zero attached hydrogens (tertiary/aromatic N) is 2. The summed E-state index contributed by atoms with van der Waals surface area (Å²) in [7, 11) is 0. The highest BCUT2D eigenvalue weighted by atomic mass is 14.9. The van der Waals surface area contributed by atoms with Gasteiger partial charge < -0.3 is 10.6 Å². The zero-order valence-corrected chi connectivity index (χ0v) is 12.3. The maximum absolute atomic E-state index is 8.74. The topological polar surface area (TPSA) is 71.6 Å². The van der Waals surface area contributed by atoms with Crippen molar-refractivity contribution in [2.75, 3.05) is 13.1 Å². The third-order valence-corrected chi connectivity index (χ3v) is 3.30. The third kappa shape index (κ3) is 5.03. The molecule has 0 spiro atoms. The lowest BCUT2D eigenvalue weighted by Gasteiger charge is -2.07. The lowest BCUT2D eigenvalue weighted by Crippen LogP contribution is -2.26. The highest BCUT2D eigenvalue weighted by molar-refractivity contribution is 5.32. The van der Waals surface area contributed by atoms with Crippen LogP contribution < -0.4 is 10.6 Å². The van der Waals surface area contributed by atoms with Gasteiger partial charge in [0.25, 0.3) is 0 Å². The summed E-state index contributed by atoms with van der Waals surface area (Å²) in [4.78, 5) is 0.